The zero-order chi connectivity index (χ0) is 17.1. The number of nitrogens with zero attached hydrogens (tertiary/aromatic N) is 2. The van der Waals surface area contributed by atoms with Gasteiger partial charge in [0.05, 0.1) is 11.3 Å². The lowest BCUT2D eigenvalue weighted by Crippen LogP contribution is -2.35. The van der Waals surface area contributed by atoms with Gasteiger partial charge < -0.3 is 15.1 Å². The summed E-state index contributed by atoms with van der Waals surface area (Å²) < 4.78 is 0. The average Bonchev–Trinajstić information content (AvgIpc) is 2.98. The summed E-state index contributed by atoms with van der Waals surface area (Å²) in [7, 11) is 1.75. The van der Waals surface area contributed by atoms with Gasteiger partial charge in [0.2, 0.25) is 5.91 Å². The Bertz CT molecular complexity index is 608. The van der Waals surface area contributed by atoms with Crippen LogP contribution in [0.15, 0.2) is 24.3 Å². The maximum absolute atomic E-state index is 13.1. The van der Waals surface area contributed by atoms with Gasteiger partial charge >= 0.3 is 0 Å². The molecule has 2 saturated heterocycles. The van der Waals surface area contributed by atoms with E-state index in [0.717, 1.165) is 39.0 Å². The SMILES string of the molecule is CCC(=O)N(C)c1ccccc1C(=O)N1CC[C@@H]2CNC[C@@H]2CC1.Cl. The van der Waals surface area contributed by atoms with Gasteiger partial charge in [-0.3, -0.25) is 9.59 Å². The van der Waals surface area contributed by atoms with Crippen molar-refractivity contribution in [1.29, 1.82) is 0 Å². The molecule has 5 nitrogen and oxygen atoms in total. The Morgan fingerprint density at radius 1 is 1.16 bits per heavy atom. The molecule has 2 fully saturated rings. The second-order valence-electron chi connectivity index (χ2n) is 6.87. The summed E-state index contributed by atoms with van der Waals surface area (Å²) in [6, 6.07) is 7.45. The monoisotopic (exact) mass is 365 g/mol. The van der Waals surface area contributed by atoms with Crippen molar-refractivity contribution in [1.82, 2.24) is 10.2 Å². The molecular weight excluding hydrogens is 338 g/mol. The fraction of sp³-hybridized carbons (Fsp3) is 0.579. The van der Waals surface area contributed by atoms with E-state index in [0.29, 0.717) is 29.5 Å². The Kier molecular flexibility index (Phi) is 6.85. The first kappa shape index (κ1) is 19.7. The van der Waals surface area contributed by atoms with Crippen molar-refractivity contribution < 1.29 is 9.59 Å². The Labute approximate surface area is 156 Å². The van der Waals surface area contributed by atoms with E-state index >= 15 is 0 Å². The highest BCUT2D eigenvalue weighted by Crippen LogP contribution is 2.29. The molecular formula is C19H28ClN3O2. The highest BCUT2D eigenvalue weighted by Gasteiger charge is 2.32. The third-order valence-corrected chi connectivity index (χ3v) is 5.48. The highest BCUT2D eigenvalue weighted by molar-refractivity contribution is 6.04. The van der Waals surface area contributed by atoms with Gasteiger partial charge in [0.15, 0.2) is 0 Å². The van der Waals surface area contributed by atoms with Crippen LogP contribution in [0.4, 0.5) is 5.69 Å². The predicted molar refractivity (Wildman–Crippen MR) is 102 cm³/mol. The van der Waals surface area contributed by atoms with E-state index < -0.39 is 0 Å². The fourth-order valence-corrected chi connectivity index (χ4v) is 3.91. The predicted octanol–water partition coefficient (Wildman–Crippen LogP) is 2.55. The van der Waals surface area contributed by atoms with Gasteiger partial charge in [0.1, 0.15) is 0 Å². The number of fused-ring (bicyclic) bond motifs is 1. The summed E-state index contributed by atoms with van der Waals surface area (Å²) in [4.78, 5) is 28.7. The van der Waals surface area contributed by atoms with E-state index in [-0.39, 0.29) is 24.2 Å². The second kappa shape index (κ2) is 8.68. The molecule has 0 saturated carbocycles. The smallest absolute Gasteiger partial charge is 0.255 e. The number of halogens is 1. The van der Waals surface area contributed by atoms with Gasteiger partial charge in [-0.1, -0.05) is 19.1 Å². The van der Waals surface area contributed by atoms with Gasteiger partial charge in [-0.25, -0.2) is 0 Å². The van der Waals surface area contributed by atoms with E-state index in [4.69, 9.17) is 0 Å². The number of likely N-dealkylation sites (tertiary alicyclic amines) is 1. The van der Waals surface area contributed by atoms with Gasteiger partial charge in [-0.15, -0.1) is 12.4 Å². The first-order valence-corrected chi connectivity index (χ1v) is 8.97. The Morgan fingerprint density at radius 3 is 2.36 bits per heavy atom. The van der Waals surface area contributed by atoms with Crippen molar-refractivity contribution in [2.45, 2.75) is 26.2 Å². The average molecular weight is 366 g/mol. The van der Waals surface area contributed by atoms with E-state index in [9.17, 15) is 9.59 Å². The maximum Gasteiger partial charge on any atom is 0.255 e. The van der Waals surface area contributed by atoms with Crippen LogP contribution in [0.5, 0.6) is 0 Å². The molecule has 2 aliphatic heterocycles. The van der Waals surface area contributed by atoms with Crippen molar-refractivity contribution in [3.63, 3.8) is 0 Å². The number of hydrogen-bond acceptors (Lipinski definition) is 3. The molecule has 2 atom stereocenters. The zero-order valence-corrected chi connectivity index (χ0v) is 15.8. The number of nitrogens with one attached hydrogen (secondary N) is 1. The van der Waals surface area contributed by atoms with E-state index in [1.165, 1.54) is 0 Å². The van der Waals surface area contributed by atoms with Crippen molar-refractivity contribution >= 4 is 29.9 Å². The number of benzene rings is 1. The molecule has 1 aromatic carbocycles. The van der Waals surface area contributed by atoms with E-state index in [1.54, 1.807) is 11.9 Å². The molecule has 0 radical (unpaired) electrons. The number of para-hydroxylation sites is 1. The number of carbonyl (C=O) groups excluding carboxylic acids is 2. The van der Waals surface area contributed by atoms with Crippen molar-refractivity contribution in [2.75, 3.05) is 38.1 Å². The van der Waals surface area contributed by atoms with Crippen LogP contribution in [0, 0.1) is 11.8 Å². The molecule has 138 valence electrons. The van der Waals surface area contributed by atoms with Crippen molar-refractivity contribution in [3.05, 3.63) is 29.8 Å². The lowest BCUT2D eigenvalue weighted by Gasteiger charge is -2.25. The van der Waals surface area contributed by atoms with Gasteiger partial charge in [-0.05, 0) is 49.9 Å². The number of amides is 2. The maximum atomic E-state index is 13.1. The summed E-state index contributed by atoms with van der Waals surface area (Å²) in [5.74, 6) is 1.46. The molecule has 2 heterocycles. The van der Waals surface area contributed by atoms with Gasteiger partial charge in [0, 0.05) is 26.6 Å². The number of rotatable bonds is 3. The Morgan fingerprint density at radius 2 is 1.76 bits per heavy atom. The third-order valence-electron chi connectivity index (χ3n) is 5.48. The molecule has 0 aromatic heterocycles. The fourth-order valence-electron chi connectivity index (χ4n) is 3.91. The third kappa shape index (κ3) is 4.15. The quantitative estimate of drug-likeness (QED) is 0.895. The molecule has 6 heteroatoms. The number of hydrogen-bond donors (Lipinski definition) is 1. The minimum atomic E-state index is 0. The number of anilines is 1. The second-order valence-corrected chi connectivity index (χ2v) is 6.87. The zero-order valence-electron chi connectivity index (χ0n) is 15.0. The van der Waals surface area contributed by atoms with Crippen LogP contribution in [0.25, 0.3) is 0 Å². The van der Waals surface area contributed by atoms with Gasteiger partial charge in [-0.2, -0.15) is 0 Å². The van der Waals surface area contributed by atoms with Crippen molar-refractivity contribution in [3.8, 4) is 0 Å². The molecule has 3 rings (SSSR count). The molecule has 2 aliphatic rings. The molecule has 1 N–H and O–H groups in total. The highest BCUT2D eigenvalue weighted by atomic mass is 35.5. The summed E-state index contributed by atoms with van der Waals surface area (Å²) in [6.07, 6.45) is 2.56. The molecule has 0 bridgehead atoms. The molecule has 1 aromatic rings. The van der Waals surface area contributed by atoms with Crippen LogP contribution in [0.3, 0.4) is 0 Å². The first-order chi connectivity index (χ1) is 11.6. The van der Waals surface area contributed by atoms with Crippen LogP contribution in [-0.4, -0.2) is 49.9 Å². The first-order valence-electron chi connectivity index (χ1n) is 8.97. The van der Waals surface area contributed by atoms with Crippen LogP contribution < -0.4 is 10.2 Å². The molecule has 0 spiro atoms. The van der Waals surface area contributed by atoms with Crippen LogP contribution in [0.1, 0.15) is 36.5 Å². The standard InChI is InChI=1S/C19H27N3O2.ClH/c1-3-18(23)21(2)17-7-5-4-6-16(17)19(24)22-10-8-14-12-20-13-15(14)9-11-22;/h4-7,14-15,20H,3,8-13H2,1-2H3;1H/t14-,15+;. The minimum absolute atomic E-state index is 0. The van der Waals surface area contributed by atoms with E-state index in [1.807, 2.05) is 36.1 Å². The number of carbonyl (C=O) groups is 2. The van der Waals surface area contributed by atoms with Crippen LogP contribution >= 0.6 is 12.4 Å². The van der Waals surface area contributed by atoms with E-state index in [2.05, 4.69) is 5.32 Å². The lowest BCUT2D eigenvalue weighted by atomic mass is 9.92. The summed E-state index contributed by atoms with van der Waals surface area (Å²) in [5, 5.41) is 3.46. The van der Waals surface area contributed by atoms with Crippen LogP contribution in [0.2, 0.25) is 0 Å². The lowest BCUT2D eigenvalue weighted by molar-refractivity contribution is -0.118. The molecule has 0 unspecified atom stereocenters. The molecule has 25 heavy (non-hydrogen) atoms. The van der Waals surface area contributed by atoms with Crippen molar-refractivity contribution in [2.24, 2.45) is 11.8 Å². The Balaban J connectivity index is 0.00000225. The normalized spacial score (nSPS) is 22.6. The van der Waals surface area contributed by atoms with Gasteiger partial charge in [0.25, 0.3) is 5.91 Å². The summed E-state index contributed by atoms with van der Waals surface area (Å²) in [6.45, 7) is 5.61. The molecule has 0 aliphatic carbocycles. The summed E-state index contributed by atoms with van der Waals surface area (Å²) >= 11 is 0. The molecule has 2 amide bonds. The van der Waals surface area contributed by atoms with Crippen LogP contribution in [-0.2, 0) is 4.79 Å². The largest absolute Gasteiger partial charge is 0.339 e. The minimum Gasteiger partial charge on any atom is -0.339 e. The topological polar surface area (TPSA) is 52.7 Å². The summed E-state index contributed by atoms with van der Waals surface area (Å²) in [5.41, 5.74) is 1.34. The Hall–Kier alpha value is -1.59.